The molecule has 0 N–H and O–H groups in total. The van der Waals surface area contributed by atoms with Gasteiger partial charge in [-0.05, 0) is 62.6 Å². The molecule has 3 aliphatic heterocycles. The van der Waals surface area contributed by atoms with Crippen LogP contribution >= 0.6 is 31.9 Å². The molecule has 0 radical (unpaired) electrons. The standard InChI is InChI=1S/C30H41Br2N3O5/c1-3-39-22-17-33(18-22)24-8-6-5-7-20(24)13-19-9-10-23-21(14-19)16-34(29(23)37)25-11-12-27(36)35(30(25)38)28(32)26(15-31)40-4-2/h9-10,14,20,22,24-26,28H,3-8,11-13,15-18H2,1-2H3/t20-,24+,25?,26?,28?/m1/s1. The fourth-order valence-electron chi connectivity index (χ4n) is 6.98. The number of hydrogen-bond donors (Lipinski definition) is 0. The number of amides is 3. The van der Waals surface area contributed by atoms with Crippen LogP contribution in [0.15, 0.2) is 18.2 Å². The zero-order chi connectivity index (χ0) is 28.4. The molecule has 1 aromatic carbocycles. The lowest BCUT2D eigenvalue weighted by atomic mass is 9.78. The minimum atomic E-state index is -0.661. The Kier molecular flexibility index (Phi) is 10.0. The lowest BCUT2D eigenvalue weighted by Gasteiger charge is -2.48. The Hall–Kier alpha value is -1.33. The number of halogens is 2. The second-order valence-corrected chi connectivity index (χ2v) is 13.0. The number of piperidine rings is 1. The van der Waals surface area contributed by atoms with Gasteiger partial charge in [0, 0.05) is 56.2 Å². The van der Waals surface area contributed by atoms with Crippen LogP contribution in [0.4, 0.5) is 0 Å². The topological polar surface area (TPSA) is 79.4 Å². The van der Waals surface area contributed by atoms with E-state index < -0.39 is 11.0 Å². The molecule has 3 amide bonds. The Morgan fingerprint density at radius 3 is 2.55 bits per heavy atom. The van der Waals surface area contributed by atoms with E-state index in [-0.39, 0.29) is 30.2 Å². The van der Waals surface area contributed by atoms with E-state index in [0.29, 0.717) is 48.5 Å². The first-order chi connectivity index (χ1) is 19.4. The van der Waals surface area contributed by atoms with E-state index in [2.05, 4.69) is 55.8 Å². The highest BCUT2D eigenvalue weighted by molar-refractivity contribution is 9.10. The lowest BCUT2D eigenvalue weighted by Crippen LogP contribution is -2.59. The van der Waals surface area contributed by atoms with Crippen molar-refractivity contribution in [2.24, 2.45) is 5.92 Å². The molecule has 5 atom stereocenters. The molecular formula is C30H41Br2N3O5. The van der Waals surface area contributed by atoms with E-state index in [1.807, 2.05) is 13.0 Å². The summed E-state index contributed by atoms with van der Waals surface area (Å²) in [7, 11) is 0. The van der Waals surface area contributed by atoms with Crippen molar-refractivity contribution in [1.29, 1.82) is 0 Å². The zero-order valence-corrected chi connectivity index (χ0v) is 26.7. The molecule has 0 aromatic heterocycles. The highest BCUT2D eigenvalue weighted by Gasteiger charge is 2.46. The average Bonchev–Trinajstić information content (AvgIpc) is 3.24. The Labute approximate surface area is 254 Å². The van der Waals surface area contributed by atoms with E-state index >= 15 is 0 Å². The van der Waals surface area contributed by atoms with Crippen LogP contribution in [0.3, 0.4) is 0 Å². The molecule has 3 unspecified atom stereocenters. The van der Waals surface area contributed by atoms with Crippen molar-refractivity contribution < 1.29 is 23.9 Å². The number of carbonyl (C=O) groups is 3. The number of imide groups is 1. The van der Waals surface area contributed by atoms with E-state index in [4.69, 9.17) is 9.47 Å². The second-order valence-electron chi connectivity index (χ2n) is 11.4. The van der Waals surface area contributed by atoms with Crippen LogP contribution in [0.25, 0.3) is 0 Å². The maximum Gasteiger partial charge on any atom is 0.255 e. The van der Waals surface area contributed by atoms with Crippen molar-refractivity contribution in [2.45, 2.75) is 94.6 Å². The molecule has 40 heavy (non-hydrogen) atoms. The molecule has 10 heteroatoms. The fourth-order valence-corrected chi connectivity index (χ4v) is 8.79. The average molecular weight is 683 g/mol. The molecule has 0 spiro atoms. The Morgan fingerprint density at radius 1 is 1.05 bits per heavy atom. The van der Waals surface area contributed by atoms with Gasteiger partial charge in [0.1, 0.15) is 11.0 Å². The number of benzene rings is 1. The molecule has 4 aliphatic rings. The summed E-state index contributed by atoms with van der Waals surface area (Å²) in [4.78, 5) is 44.8. The Bertz CT molecular complexity index is 1100. The molecular weight excluding hydrogens is 642 g/mol. The SMILES string of the molecule is CCOC1CN([C@H]2CCCC[C@@H]2Cc2ccc3c(c2)CN(C2CCC(=O)N(C(Br)C(CBr)OCC)C2=O)C3=O)C1. The Morgan fingerprint density at radius 2 is 1.82 bits per heavy atom. The first-order valence-corrected chi connectivity index (χ1v) is 16.9. The van der Waals surface area contributed by atoms with E-state index in [1.165, 1.54) is 36.1 Å². The molecule has 1 saturated carbocycles. The third-order valence-corrected chi connectivity index (χ3v) is 10.6. The first kappa shape index (κ1) is 30.1. The number of likely N-dealkylation sites (tertiary alicyclic amines) is 2. The summed E-state index contributed by atoms with van der Waals surface area (Å²) in [5.41, 5.74) is 2.91. The van der Waals surface area contributed by atoms with Crippen LogP contribution in [-0.4, -0.2) is 93.3 Å². The molecule has 0 bridgehead atoms. The van der Waals surface area contributed by atoms with Gasteiger partial charge in [0.25, 0.3) is 11.8 Å². The lowest BCUT2D eigenvalue weighted by molar-refractivity contribution is -0.155. The number of alkyl halides is 2. The maximum atomic E-state index is 13.6. The van der Waals surface area contributed by atoms with Gasteiger partial charge in [-0.2, -0.15) is 0 Å². The Balaban J connectivity index is 1.26. The quantitative estimate of drug-likeness (QED) is 0.194. The number of ether oxygens (including phenoxy) is 2. The third kappa shape index (κ3) is 6.07. The highest BCUT2D eigenvalue weighted by atomic mass is 79.9. The highest BCUT2D eigenvalue weighted by Crippen LogP contribution is 2.36. The number of rotatable bonds is 11. The van der Waals surface area contributed by atoms with E-state index in [0.717, 1.165) is 31.7 Å². The molecule has 1 aromatic rings. The smallest absolute Gasteiger partial charge is 0.255 e. The van der Waals surface area contributed by atoms with Crippen LogP contribution in [-0.2, 0) is 32.0 Å². The predicted octanol–water partition coefficient (Wildman–Crippen LogP) is 4.50. The fraction of sp³-hybridized carbons (Fsp3) is 0.700. The number of nitrogens with zero attached hydrogens (tertiary/aromatic N) is 3. The maximum absolute atomic E-state index is 13.6. The molecule has 1 aliphatic carbocycles. The van der Waals surface area contributed by atoms with Crippen molar-refractivity contribution in [1.82, 2.24) is 14.7 Å². The van der Waals surface area contributed by atoms with Crippen LogP contribution in [0.5, 0.6) is 0 Å². The second kappa shape index (κ2) is 13.3. The summed E-state index contributed by atoms with van der Waals surface area (Å²) in [5.74, 6) is -0.0990. The zero-order valence-electron chi connectivity index (χ0n) is 23.5. The molecule has 220 valence electrons. The summed E-state index contributed by atoms with van der Waals surface area (Å²) in [5, 5.41) is 0.474. The van der Waals surface area contributed by atoms with Crippen LogP contribution in [0, 0.1) is 5.92 Å². The van der Waals surface area contributed by atoms with Gasteiger partial charge in [-0.1, -0.05) is 56.8 Å². The molecule has 3 heterocycles. The van der Waals surface area contributed by atoms with Crippen LogP contribution < -0.4 is 0 Å². The van der Waals surface area contributed by atoms with Crippen molar-refractivity contribution >= 4 is 49.6 Å². The van der Waals surface area contributed by atoms with Gasteiger partial charge in [0.15, 0.2) is 0 Å². The summed E-state index contributed by atoms with van der Waals surface area (Å²) >= 11 is 6.96. The number of hydrogen-bond acceptors (Lipinski definition) is 6. The summed E-state index contributed by atoms with van der Waals surface area (Å²) in [6.07, 6.45) is 6.60. The van der Waals surface area contributed by atoms with Gasteiger partial charge >= 0.3 is 0 Å². The molecule has 3 fully saturated rings. The van der Waals surface area contributed by atoms with Gasteiger partial charge in [-0.3, -0.25) is 24.2 Å². The normalized spacial score (nSPS) is 27.6. The van der Waals surface area contributed by atoms with Crippen molar-refractivity contribution in [3.63, 3.8) is 0 Å². The molecule has 5 rings (SSSR count). The van der Waals surface area contributed by atoms with Crippen molar-refractivity contribution in [3.8, 4) is 0 Å². The van der Waals surface area contributed by atoms with E-state index in [9.17, 15) is 14.4 Å². The van der Waals surface area contributed by atoms with Gasteiger partial charge in [0.2, 0.25) is 5.91 Å². The predicted molar refractivity (Wildman–Crippen MR) is 160 cm³/mol. The summed E-state index contributed by atoms with van der Waals surface area (Å²) in [6, 6.07) is 6.15. The van der Waals surface area contributed by atoms with Crippen LogP contribution in [0.2, 0.25) is 0 Å². The van der Waals surface area contributed by atoms with Gasteiger partial charge in [0.05, 0.1) is 12.2 Å². The molecule has 2 saturated heterocycles. The first-order valence-electron chi connectivity index (χ1n) is 14.8. The number of carbonyl (C=O) groups excluding carboxylic acids is 3. The van der Waals surface area contributed by atoms with Gasteiger partial charge in [-0.15, -0.1) is 0 Å². The molecule has 8 nitrogen and oxygen atoms in total. The van der Waals surface area contributed by atoms with Crippen LogP contribution in [0.1, 0.15) is 73.9 Å². The van der Waals surface area contributed by atoms with E-state index in [1.54, 1.807) is 4.90 Å². The summed E-state index contributed by atoms with van der Waals surface area (Å²) in [6.45, 7) is 7.65. The third-order valence-electron chi connectivity index (χ3n) is 9.00. The van der Waals surface area contributed by atoms with Gasteiger partial charge in [-0.25, -0.2) is 0 Å². The minimum Gasteiger partial charge on any atom is -0.376 e. The van der Waals surface area contributed by atoms with Gasteiger partial charge < -0.3 is 14.4 Å². The minimum absolute atomic E-state index is 0.125. The number of fused-ring (bicyclic) bond motifs is 1. The monoisotopic (exact) mass is 681 g/mol. The largest absolute Gasteiger partial charge is 0.376 e. The summed E-state index contributed by atoms with van der Waals surface area (Å²) < 4.78 is 11.5. The van der Waals surface area contributed by atoms with Crippen molar-refractivity contribution in [3.05, 3.63) is 34.9 Å². The van der Waals surface area contributed by atoms with Crippen molar-refractivity contribution in [2.75, 3.05) is 31.6 Å².